The number of hydroxylamine groups is 1. The average Bonchev–Trinajstić information content (AvgIpc) is 2.16. The summed E-state index contributed by atoms with van der Waals surface area (Å²) >= 11 is 4.00. The van der Waals surface area contributed by atoms with Crippen molar-refractivity contribution in [1.82, 2.24) is 5.17 Å². The van der Waals surface area contributed by atoms with Gasteiger partial charge in [0.05, 0.1) is 6.04 Å². The van der Waals surface area contributed by atoms with Crippen molar-refractivity contribution in [1.29, 1.82) is 0 Å². The number of hydrogen-bond acceptors (Lipinski definition) is 6. The van der Waals surface area contributed by atoms with E-state index in [2.05, 4.69) is 17.5 Å². The molecule has 1 heterocycles. The van der Waals surface area contributed by atoms with E-state index in [0.717, 1.165) is 0 Å². The molecule has 0 aliphatic carbocycles. The van der Waals surface area contributed by atoms with Gasteiger partial charge in [0.15, 0.2) is 0 Å². The second-order valence-corrected chi connectivity index (χ2v) is 3.82. The number of rotatable bonds is 2. The molecule has 2 atom stereocenters. The van der Waals surface area contributed by atoms with E-state index < -0.39 is 23.6 Å². The molecule has 0 saturated carbocycles. The number of hydrogen-bond donors (Lipinski definition) is 2. The molecule has 0 aromatic heterocycles. The summed E-state index contributed by atoms with van der Waals surface area (Å²) in [5.41, 5.74) is -0.422. The fourth-order valence-electron chi connectivity index (χ4n) is 1.21. The summed E-state index contributed by atoms with van der Waals surface area (Å²) in [5.74, 6) is 2.87. The van der Waals surface area contributed by atoms with Crippen molar-refractivity contribution in [3.8, 4) is 0 Å². The van der Waals surface area contributed by atoms with Gasteiger partial charge < -0.3 is 9.57 Å². The standard InChI is InChI=1S/C7H11F3N2O3S/c8-7(9,10)6(13)15-12(11)4-1-2-14-5(16)3-4/h4-5,16H,1-3,11H2. The maximum atomic E-state index is 11.9. The van der Waals surface area contributed by atoms with E-state index >= 15 is 0 Å². The van der Waals surface area contributed by atoms with E-state index in [4.69, 9.17) is 10.6 Å². The van der Waals surface area contributed by atoms with E-state index in [1.165, 1.54) is 0 Å². The smallest absolute Gasteiger partial charge is 0.368 e. The second kappa shape index (κ2) is 5.21. The van der Waals surface area contributed by atoms with Crippen LogP contribution in [0, 0.1) is 0 Å². The molecular formula is C7H11F3N2O3S. The lowest BCUT2D eigenvalue weighted by atomic mass is 10.1. The molecule has 1 fully saturated rings. The Bertz CT molecular complexity index is 264. The summed E-state index contributed by atoms with van der Waals surface area (Å²) in [4.78, 5) is 14.4. The monoisotopic (exact) mass is 260 g/mol. The van der Waals surface area contributed by atoms with E-state index in [-0.39, 0.29) is 6.42 Å². The lowest BCUT2D eigenvalue weighted by molar-refractivity contribution is -0.252. The van der Waals surface area contributed by atoms with Crippen molar-refractivity contribution in [2.75, 3.05) is 6.61 Å². The van der Waals surface area contributed by atoms with Crippen LogP contribution in [0.4, 0.5) is 13.2 Å². The van der Waals surface area contributed by atoms with Crippen LogP contribution >= 0.6 is 12.6 Å². The fraction of sp³-hybridized carbons (Fsp3) is 0.857. The summed E-state index contributed by atoms with van der Waals surface area (Å²) in [6.07, 6.45) is -4.40. The van der Waals surface area contributed by atoms with E-state index in [9.17, 15) is 18.0 Å². The van der Waals surface area contributed by atoms with Gasteiger partial charge in [-0.25, -0.2) is 10.6 Å². The SMILES string of the molecule is NN(OC(=O)C(F)(F)F)C1CCOC(S)C1. The molecule has 2 unspecified atom stereocenters. The van der Waals surface area contributed by atoms with Gasteiger partial charge in [0.25, 0.3) is 0 Å². The number of carbonyl (C=O) groups excluding carboxylic acids is 1. The Morgan fingerprint density at radius 2 is 2.19 bits per heavy atom. The number of carbonyl (C=O) groups is 1. The molecule has 1 saturated heterocycles. The second-order valence-electron chi connectivity index (χ2n) is 3.24. The van der Waals surface area contributed by atoms with Crippen molar-refractivity contribution in [3.63, 3.8) is 0 Å². The predicted molar refractivity (Wildman–Crippen MR) is 49.9 cm³/mol. The lowest BCUT2D eigenvalue weighted by Crippen LogP contribution is -2.48. The van der Waals surface area contributed by atoms with Gasteiger partial charge in [-0.1, -0.05) is 5.17 Å². The third kappa shape index (κ3) is 3.81. The van der Waals surface area contributed by atoms with Crippen LogP contribution in [0.15, 0.2) is 0 Å². The molecule has 1 aliphatic rings. The third-order valence-electron chi connectivity index (χ3n) is 2.01. The first-order valence-corrected chi connectivity index (χ1v) is 4.95. The Balaban J connectivity index is 2.45. The largest absolute Gasteiger partial charge is 0.492 e. The fourth-order valence-corrected chi connectivity index (χ4v) is 1.56. The van der Waals surface area contributed by atoms with Crippen molar-refractivity contribution >= 4 is 18.6 Å². The van der Waals surface area contributed by atoms with Gasteiger partial charge >= 0.3 is 12.1 Å². The van der Waals surface area contributed by atoms with Crippen molar-refractivity contribution in [2.45, 2.75) is 30.5 Å². The Morgan fingerprint density at radius 3 is 2.69 bits per heavy atom. The summed E-state index contributed by atoms with van der Waals surface area (Å²) in [7, 11) is 0. The normalized spacial score (nSPS) is 26.9. The molecule has 2 N–H and O–H groups in total. The van der Waals surface area contributed by atoms with E-state index in [0.29, 0.717) is 18.2 Å². The van der Waals surface area contributed by atoms with Crippen LogP contribution in [0.3, 0.4) is 0 Å². The molecule has 0 aromatic rings. The van der Waals surface area contributed by atoms with Gasteiger partial charge in [0.1, 0.15) is 5.44 Å². The highest BCUT2D eigenvalue weighted by molar-refractivity contribution is 7.80. The van der Waals surface area contributed by atoms with Crippen molar-refractivity contribution in [3.05, 3.63) is 0 Å². The molecule has 0 radical (unpaired) electrons. The quantitative estimate of drug-likeness (QED) is 0.433. The zero-order valence-corrected chi connectivity index (χ0v) is 9.00. The Kier molecular flexibility index (Phi) is 4.42. The molecule has 0 bridgehead atoms. The maximum Gasteiger partial charge on any atom is 0.492 e. The van der Waals surface area contributed by atoms with Crippen LogP contribution in [0.1, 0.15) is 12.8 Å². The van der Waals surface area contributed by atoms with Crippen LogP contribution in [-0.2, 0) is 14.4 Å². The van der Waals surface area contributed by atoms with Crippen LogP contribution in [0.5, 0.6) is 0 Å². The zero-order chi connectivity index (χ0) is 12.3. The minimum atomic E-state index is -5.05. The van der Waals surface area contributed by atoms with Gasteiger partial charge in [-0.05, 0) is 6.42 Å². The number of nitrogens with two attached hydrogens (primary N) is 1. The van der Waals surface area contributed by atoms with Crippen LogP contribution < -0.4 is 5.84 Å². The van der Waals surface area contributed by atoms with Gasteiger partial charge in [0.2, 0.25) is 0 Å². The molecule has 0 amide bonds. The van der Waals surface area contributed by atoms with Gasteiger partial charge in [-0.15, -0.1) is 12.6 Å². The van der Waals surface area contributed by atoms with Crippen molar-refractivity contribution in [2.24, 2.45) is 5.84 Å². The Labute approximate surface area is 95.0 Å². The van der Waals surface area contributed by atoms with Gasteiger partial charge in [-0.2, -0.15) is 13.2 Å². The summed E-state index contributed by atoms with van der Waals surface area (Å²) in [6, 6.07) is -0.525. The minimum Gasteiger partial charge on any atom is -0.368 e. The predicted octanol–water partition coefficient (Wildman–Crippen LogP) is 0.617. The first kappa shape index (κ1) is 13.6. The molecular weight excluding hydrogens is 249 g/mol. The summed E-state index contributed by atoms with van der Waals surface area (Å²) in [6.45, 7) is 0.302. The first-order chi connectivity index (χ1) is 7.30. The Morgan fingerprint density at radius 1 is 1.56 bits per heavy atom. The zero-order valence-electron chi connectivity index (χ0n) is 8.11. The average molecular weight is 260 g/mol. The lowest BCUT2D eigenvalue weighted by Gasteiger charge is -2.31. The van der Waals surface area contributed by atoms with Crippen molar-refractivity contribution < 1.29 is 27.5 Å². The Hall–Kier alpha value is -0.510. The highest BCUT2D eigenvalue weighted by Crippen LogP contribution is 2.22. The van der Waals surface area contributed by atoms with E-state index in [1.54, 1.807) is 0 Å². The number of ether oxygens (including phenoxy) is 1. The van der Waals surface area contributed by atoms with Gasteiger partial charge in [0, 0.05) is 13.0 Å². The van der Waals surface area contributed by atoms with Gasteiger partial charge in [-0.3, -0.25) is 0 Å². The number of thiol groups is 1. The number of alkyl halides is 3. The molecule has 94 valence electrons. The molecule has 0 spiro atoms. The molecule has 0 aromatic carbocycles. The molecule has 16 heavy (non-hydrogen) atoms. The molecule has 9 heteroatoms. The number of hydrazine groups is 1. The first-order valence-electron chi connectivity index (χ1n) is 4.43. The van der Waals surface area contributed by atoms with Crippen LogP contribution in [0.2, 0.25) is 0 Å². The molecule has 1 rings (SSSR count). The maximum absolute atomic E-state index is 11.9. The van der Waals surface area contributed by atoms with Crippen LogP contribution in [0.25, 0.3) is 0 Å². The van der Waals surface area contributed by atoms with Crippen LogP contribution in [-0.4, -0.2) is 35.4 Å². The number of nitrogens with zero attached hydrogens (tertiary/aromatic N) is 1. The summed E-state index contributed by atoms with van der Waals surface area (Å²) < 4.78 is 40.6. The van der Waals surface area contributed by atoms with E-state index in [1.807, 2.05) is 0 Å². The highest BCUT2D eigenvalue weighted by Gasteiger charge is 2.43. The third-order valence-corrected chi connectivity index (χ3v) is 2.37. The minimum absolute atomic E-state index is 0.282. The summed E-state index contributed by atoms with van der Waals surface area (Å²) in [5, 5.41) is 0.418. The molecule has 1 aliphatic heterocycles. The topological polar surface area (TPSA) is 64.8 Å². The molecule has 5 nitrogen and oxygen atoms in total. The highest BCUT2D eigenvalue weighted by atomic mass is 32.1. The number of halogens is 3.